The molecule has 1 aromatic carbocycles. The second-order valence-electron chi connectivity index (χ2n) is 8.32. The summed E-state index contributed by atoms with van der Waals surface area (Å²) in [4.78, 5) is 13.8. The molecule has 5 nitrogen and oxygen atoms in total. The topological polar surface area (TPSA) is 80.5 Å². The number of benzene rings is 1. The molecule has 0 saturated carbocycles. The van der Waals surface area contributed by atoms with Crippen LogP contribution in [-0.2, 0) is 21.1 Å². The van der Waals surface area contributed by atoms with Gasteiger partial charge in [-0.15, -0.1) is 0 Å². The van der Waals surface area contributed by atoms with E-state index in [1.54, 1.807) is 20.8 Å². The van der Waals surface area contributed by atoms with Crippen molar-refractivity contribution in [3.05, 3.63) is 35.1 Å². The Balaban J connectivity index is 1.93. The SMILES string of the molecule is CC(C)(C)S(=O)(=O)CC(=O)N1CCC([C@H](N)Cc2cc(F)c(F)cc2F)CC1. The van der Waals surface area contributed by atoms with Crippen LogP contribution in [0.2, 0.25) is 0 Å². The van der Waals surface area contributed by atoms with Crippen LogP contribution in [0.4, 0.5) is 13.2 Å². The molecule has 1 atom stereocenters. The molecule has 1 heterocycles. The molecule has 9 heteroatoms. The van der Waals surface area contributed by atoms with Gasteiger partial charge < -0.3 is 10.6 Å². The minimum absolute atomic E-state index is 0.0150. The van der Waals surface area contributed by atoms with E-state index in [-0.39, 0.29) is 17.9 Å². The Morgan fingerprint density at radius 2 is 1.68 bits per heavy atom. The van der Waals surface area contributed by atoms with Crippen LogP contribution >= 0.6 is 0 Å². The van der Waals surface area contributed by atoms with Crippen molar-refractivity contribution >= 4 is 15.7 Å². The number of halogens is 3. The third-order valence-corrected chi connectivity index (χ3v) is 7.78. The van der Waals surface area contributed by atoms with E-state index in [2.05, 4.69) is 0 Å². The van der Waals surface area contributed by atoms with Crippen molar-refractivity contribution in [3.8, 4) is 0 Å². The summed E-state index contributed by atoms with van der Waals surface area (Å²) in [6, 6.07) is 0.851. The van der Waals surface area contributed by atoms with E-state index in [0.29, 0.717) is 32.0 Å². The fourth-order valence-corrected chi connectivity index (χ4v) is 4.13. The summed E-state index contributed by atoms with van der Waals surface area (Å²) in [5.74, 6) is -4.21. The number of amides is 1. The second kappa shape index (κ2) is 8.41. The van der Waals surface area contributed by atoms with Crippen LogP contribution in [0.15, 0.2) is 12.1 Å². The molecule has 0 radical (unpaired) electrons. The predicted molar refractivity (Wildman–Crippen MR) is 101 cm³/mol. The van der Waals surface area contributed by atoms with Crippen LogP contribution in [0.1, 0.15) is 39.2 Å². The molecule has 28 heavy (non-hydrogen) atoms. The molecule has 0 unspecified atom stereocenters. The number of nitrogens with zero attached hydrogens (tertiary/aromatic N) is 1. The first-order chi connectivity index (χ1) is 12.8. The van der Waals surface area contributed by atoms with Crippen molar-refractivity contribution < 1.29 is 26.4 Å². The predicted octanol–water partition coefficient (Wildman–Crippen LogP) is 2.43. The van der Waals surface area contributed by atoms with E-state index >= 15 is 0 Å². The van der Waals surface area contributed by atoms with Gasteiger partial charge >= 0.3 is 0 Å². The van der Waals surface area contributed by atoms with Gasteiger partial charge in [-0.2, -0.15) is 0 Å². The van der Waals surface area contributed by atoms with Crippen LogP contribution in [0.25, 0.3) is 0 Å². The Morgan fingerprint density at radius 1 is 1.14 bits per heavy atom. The van der Waals surface area contributed by atoms with E-state index in [4.69, 9.17) is 5.73 Å². The van der Waals surface area contributed by atoms with Gasteiger partial charge in [0.1, 0.15) is 11.6 Å². The van der Waals surface area contributed by atoms with Crippen molar-refractivity contribution in [1.29, 1.82) is 0 Å². The molecule has 0 aliphatic carbocycles. The normalized spacial score (nSPS) is 17.6. The molecule has 158 valence electrons. The molecule has 1 fully saturated rings. The number of rotatable bonds is 5. The quantitative estimate of drug-likeness (QED) is 0.742. The zero-order valence-electron chi connectivity index (χ0n) is 16.3. The average Bonchev–Trinajstić information content (AvgIpc) is 2.58. The number of hydrogen-bond acceptors (Lipinski definition) is 4. The number of hydrogen-bond donors (Lipinski definition) is 1. The molecule has 1 aromatic rings. The molecule has 1 aliphatic rings. The van der Waals surface area contributed by atoms with Gasteiger partial charge in [-0.25, -0.2) is 21.6 Å². The maximum Gasteiger partial charge on any atom is 0.237 e. The highest BCUT2D eigenvalue weighted by Gasteiger charge is 2.34. The van der Waals surface area contributed by atoms with Gasteiger partial charge in [0.15, 0.2) is 21.5 Å². The Bertz CT molecular complexity index is 830. The van der Waals surface area contributed by atoms with Gasteiger partial charge in [0.2, 0.25) is 5.91 Å². The summed E-state index contributed by atoms with van der Waals surface area (Å²) >= 11 is 0. The van der Waals surface area contributed by atoms with Crippen LogP contribution in [0, 0.1) is 23.4 Å². The van der Waals surface area contributed by atoms with E-state index in [0.717, 1.165) is 6.07 Å². The Labute approximate surface area is 164 Å². The van der Waals surface area contributed by atoms with E-state index in [1.807, 2.05) is 0 Å². The molecule has 0 spiro atoms. The maximum atomic E-state index is 13.8. The number of carbonyl (C=O) groups is 1. The minimum atomic E-state index is -3.55. The lowest BCUT2D eigenvalue weighted by atomic mass is 9.86. The highest BCUT2D eigenvalue weighted by molar-refractivity contribution is 7.93. The van der Waals surface area contributed by atoms with Gasteiger partial charge in [0, 0.05) is 25.2 Å². The smallest absolute Gasteiger partial charge is 0.237 e. The molecule has 2 N–H and O–H groups in total. The fraction of sp³-hybridized carbons (Fsp3) is 0.632. The van der Waals surface area contributed by atoms with Crippen molar-refractivity contribution in [2.45, 2.75) is 50.8 Å². The second-order valence-corrected chi connectivity index (χ2v) is 11.1. The van der Waals surface area contributed by atoms with Gasteiger partial charge in [-0.05, 0) is 57.6 Å². The van der Waals surface area contributed by atoms with Crippen molar-refractivity contribution in [3.63, 3.8) is 0 Å². The standard InChI is InChI=1S/C19H27F3N2O3S/c1-19(2,3)28(26,27)11-18(25)24-6-4-12(5-7-24)17(23)9-13-8-15(21)16(22)10-14(13)20/h8,10,12,17H,4-7,9,11,23H2,1-3H3/t17-/m1/s1. The summed E-state index contributed by atoms with van der Waals surface area (Å²) in [5.41, 5.74) is 6.15. The number of likely N-dealkylation sites (tertiary alicyclic amines) is 1. The largest absolute Gasteiger partial charge is 0.342 e. The van der Waals surface area contributed by atoms with Crippen LogP contribution in [0.3, 0.4) is 0 Å². The lowest BCUT2D eigenvalue weighted by molar-refractivity contribution is -0.129. The summed E-state index contributed by atoms with van der Waals surface area (Å²) in [5, 5.41) is 0. The molecular weight excluding hydrogens is 393 g/mol. The lowest BCUT2D eigenvalue weighted by Crippen LogP contribution is -2.47. The number of piperidine rings is 1. The Hall–Kier alpha value is -1.61. The third kappa shape index (κ3) is 5.26. The fourth-order valence-electron chi connectivity index (χ4n) is 3.19. The Kier molecular flexibility index (Phi) is 6.81. The summed E-state index contributed by atoms with van der Waals surface area (Å²) in [6.45, 7) is 5.38. The lowest BCUT2D eigenvalue weighted by Gasteiger charge is -2.35. The zero-order valence-corrected chi connectivity index (χ0v) is 17.2. The van der Waals surface area contributed by atoms with E-state index in [1.165, 1.54) is 4.90 Å². The van der Waals surface area contributed by atoms with Gasteiger partial charge in [-0.3, -0.25) is 4.79 Å². The minimum Gasteiger partial charge on any atom is -0.342 e. The number of nitrogens with two attached hydrogens (primary N) is 1. The van der Waals surface area contributed by atoms with Gasteiger partial charge in [0.05, 0.1) is 4.75 Å². The summed E-state index contributed by atoms with van der Waals surface area (Å²) < 4.78 is 63.6. The van der Waals surface area contributed by atoms with Gasteiger partial charge in [0.25, 0.3) is 0 Å². The van der Waals surface area contributed by atoms with Crippen LogP contribution in [0.5, 0.6) is 0 Å². The molecule has 0 bridgehead atoms. The number of carbonyl (C=O) groups excluding carboxylic acids is 1. The zero-order chi connectivity index (χ0) is 21.3. The Morgan fingerprint density at radius 3 is 2.21 bits per heavy atom. The molecule has 0 aromatic heterocycles. The van der Waals surface area contributed by atoms with Crippen molar-refractivity contribution in [2.75, 3.05) is 18.8 Å². The van der Waals surface area contributed by atoms with Crippen LogP contribution < -0.4 is 5.73 Å². The first-order valence-electron chi connectivity index (χ1n) is 9.21. The molecule has 2 rings (SSSR count). The van der Waals surface area contributed by atoms with Crippen LogP contribution in [-0.4, -0.2) is 48.9 Å². The third-order valence-electron chi connectivity index (χ3n) is 5.29. The van der Waals surface area contributed by atoms with Gasteiger partial charge in [-0.1, -0.05) is 0 Å². The molecule has 1 saturated heterocycles. The van der Waals surface area contributed by atoms with Crippen molar-refractivity contribution in [1.82, 2.24) is 4.90 Å². The summed E-state index contributed by atoms with van der Waals surface area (Å²) in [6.07, 6.45) is 1.13. The van der Waals surface area contributed by atoms with E-state index in [9.17, 15) is 26.4 Å². The highest BCUT2D eigenvalue weighted by Crippen LogP contribution is 2.25. The number of sulfone groups is 1. The maximum absolute atomic E-state index is 13.8. The first-order valence-corrected chi connectivity index (χ1v) is 10.9. The monoisotopic (exact) mass is 420 g/mol. The van der Waals surface area contributed by atoms with Crippen molar-refractivity contribution in [2.24, 2.45) is 11.7 Å². The first kappa shape index (κ1) is 22.7. The van der Waals surface area contributed by atoms with E-state index < -0.39 is 49.7 Å². The average molecular weight is 420 g/mol. The summed E-state index contributed by atoms with van der Waals surface area (Å²) in [7, 11) is -3.55. The molecular formula is C19H27F3N2O3S. The molecule has 1 aliphatic heterocycles. The highest BCUT2D eigenvalue weighted by atomic mass is 32.2. The molecule has 1 amide bonds.